The van der Waals surface area contributed by atoms with Crippen LogP contribution in [-0.4, -0.2) is 44.8 Å². The summed E-state index contributed by atoms with van der Waals surface area (Å²) in [4.78, 5) is 30.1. The molecule has 1 aromatic heterocycles. The number of carbonyl (C=O) groups excluding carboxylic acids is 2. The summed E-state index contributed by atoms with van der Waals surface area (Å²) in [5.74, 6) is 0.980. The van der Waals surface area contributed by atoms with E-state index in [-0.39, 0.29) is 11.9 Å². The van der Waals surface area contributed by atoms with Crippen molar-refractivity contribution in [3.63, 3.8) is 0 Å². The minimum Gasteiger partial charge on any atom is -0.322 e. The molecule has 7 nitrogen and oxygen atoms in total. The summed E-state index contributed by atoms with van der Waals surface area (Å²) >= 11 is 1.41. The molecule has 0 radical (unpaired) electrons. The topological polar surface area (TPSA) is 87.2 Å². The molecule has 0 saturated carbocycles. The van der Waals surface area contributed by atoms with Crippen LogP contribution in [0.3, 0.4) is 0 Å². The average molecular weight is 309 g/mol. The number of piperidine rings is 1. The first-order valence-electron chi connectivity index (χ1n) is 7.17. The molecule has 1 atom stereocenters. The summed E-state index contributed by atoms with van der Waals surface area (Å²) in [6.07, 6.45) is 1.57. The number of amides is 3. The van der Waals surface area contributed by atoms with E-state index >= 15 is 0 Å². The SMILES string of the molecule is CC(C)c1nsc(CN2CCCC3(C2)NC(=O)NC3=O)n1. The van der Waals surface area contributed by atoms with Crippen LogP contribution in [-0.2, 0) is 11.3 Å². The molecule has 0 aliphatic carbocycles. The predicted molar refractivity (Wildman–Crippen MR) is 77.9 cm³/mol. The number of aromatic nitrogens is 2. The average Bonchev–Trinajstić information content (AvgIpc) is 2.96. The molecule has 1 aromatic rings. The predicted octanol–water partition coefficient (Wildman–Crippen LogP) is 0.835. The maximum Gasteiger partial charge on any atom is 0.322 e. The molecule has 114 valence electrons. The van der Waals surface area contributed by atoms with Crippen LogP contribution in [0.4, 0.5) is 4.79 Å². The lowest BCUT2D eigenvalue weighted by Gasteiger charge is -2.37. The number of hydrogen-bond donors (Lipinski definition) is 2. The first kappa shape index (κ1) is 14.4. The van der Waals surface area contributed by atoms with Gasteiger partial charge in [-0.1, -0.05) is 13.8 Å². The van der Waals surface area contributed by atoms with Crippen molar-refractivity contribution in [2.45, 2.75) is 44.7 Å². The lowest BCUT2D eigenvalue weighted by atomic mass is 9.89. The van der Waals surface area contributed by atoms with E-state index in [2.05, 4.69) is 38.7 Å². The van der Waals surface area contributed by atoms with Crippen molar-refractivity contribution in [1.82, 2.24) is 24.9 Å². The largest absolute Gasteiger partial charge is 0.322 e. The van der Waals surface area contributed by atoms with Crippen molar-refractivity contribution in [3.05, 3.63) is 10.8 Å². The second-order valence-corrected chi connectivity index (χ2v) is 6.84. The summed E-state index contributed by atoms with van der Waals surface area (Å²) in [7, 11) is 0. The number of nitrogens with zero attached hydrogens (tertiary/aromatic N) is 3. The molecule has 3 rings (SSSR count). The second-order valence-electron chi connectivity index (χ2n) is 6.01. The number of likely N-dealkylation sites (tertiary alicyclic amines) is 1. The van der Waals surface area contributed by atoms with Gasteiger partial charge < -0.3 is 5.32 Å². The van der Waals surface area contributed by atoms with Crippen LogP contribution >= 0.6 is 11.5 Å². The molecule has 21 heavy (non-hydrogen) atoms. The van der Waals surface area contributed by atoms with Crippen molar-refractivity contribution in [1.29, 1.82) is 0 Å². The van der Waals surface area contributed by atoms with Gasteiger partial charge in [-0.05, 0) is 30.9 Å². The molecule has 3 heterocycles. The van der Waals surface area contributed by atoms with Crippen molar-refractivity contribution < 1.29 is 9.59 Å². The number of urea groups is 1. The lowest BCUT2D eigenvalue weighted by Crippen LogP contribution is -2.58. The van der Waals surface area contributed by atoms with E-state index in [0.29, 0.717) is 25.4 Å². The Morgan fingerprint density at radius 2 is 2.24 bits per heavy atom. The molecule has 8 heteroatoms. The first-order chi connectivity index (χ1) is 9.98. The third-order valence-electron chi connectivity index (χ3n) is 3.94. The smallest absolute Gasteiger partial charge is 0.322 e. The van der Waals surface area contributed by atoms with Gasteiger partial charge in [-0.3, -0.25) is 15.0 Å². The molecule has 1 unspecified atom stereocenters. The van der Waals surface area contributed by atoms with Crippen molar-refractivity contribution in [2.75, 3.05) is 13.1 Å². The van der Waals surface area contributed by atoms with Gasteiger partial charge in [0, 0.05) is 12.5 Å². The maximum atomic E-state index is 12.0. The highest BCUT2D eigenvalue weighted by molar-refractivity contribution is 7.05. The molecule has 2 aliphatic heterocycles. The molecule has 1 spiro atoms. The summed E-state index contributed by atoms with van der Waals surface area (Å²) < 4.78 is 4.35. The fraction of sp³-hybridized carbons (Fsp3) is 0.692. The van der Waals surface area contributed by atoms with E-state index in [9.17, 15) is 9.59 Å². The Morgan fingerprint density at radius 3 is 2.86 bits per heavy atom. The molecule has 0 aromatic carbocycles. The molecule has 3 amide bonds. The van der Waals surface area contributed by atoms with Crippen LogP contribution in [0, 0.1) is 0 Å². The Bertz CT molecular complexity index is 573. The van der Waals surface area contributed by atoms with Gasteiger partial charge in [-0.15, -0.1) is 0 Å². The monoisotopic (exact) mass is 309 g/mol. The minimum atomic E-state index is -0.763. The van der Waals surface area contributed by atoms with Crippen molar-refractivity contribution >= 4 is 23.5 Å². The fourth-order valence-corrected chi connectivity index (χ4v) is 3.68. The van der Waals surface area contributed by atoms with Gasteiger partial charge >= 0.3 is 6.03 Å². The molecule has 2 aliphatic rings. The van der Waals surface area contributed by atoms with Crippen LogP contribution in [0.2, 0.25) is 0 Å². The van der Waals surface area contributed by atoms with E-state index in [4.69, 9.17) is 0 Å². The van der Waals surface area contributed by atoms with E-state index in [1.165, 1.54) is 11.5 Å². The zero-order valence-corrected chi connectivity index (χ0v) is 13.0. The number of carbonyl (C=O) groups is 2. The van der Waals surface area contributed by atoms with Gasteiger partial charge in [-0.25, -0.2) is 9.78 Å². The van der Waals surface area contributed by atoms with Gasteiger partial charge in [0.2, 0.25) is 0 Å². The number of nitrogens with one attached hydrogen (secondary N) is 2. The minimum absolute atomic E-state index is 0.211. The van der Waals surface area contributed by atoms with Crippen LogP contribution in [0.25, 0.3) is 0 Å². The highest BCUT2D eigenvalue weighted by Crippen LogP contribution is 2.26. The maximum absolute atomic E-state index is 12.0. The van der Waals surface area contributed by atoms with Crippen molar-refractivity contribution in [3.8, 4) is 0 Å². The first-order valence-corrected chi connectivity index (χ1v) is 7.94. The van der Waals surface area contributed by atoms with Gasteiger partial charge in [0.05, 0.1) is 6.54 Å². The van der Waals surface area contributed by atoms with E-state index in [1.54, 1.807) is 0 Å². The van der Waals surface area contributed by atoms with Gasteiger partial charge in [-0.2, -0.15) is 4.37 Å². The number of imide groups is 1. The Kier molecular flexibility index (Phi) is 3.66. The third kappa shape index (κ3) is 2.77. The Balaban J connectivity index is 1.69. The zero-order chi connectivity index (χ0) is 15.0. The quantitative estimate of drug-likeness (QED) is 0.808. The molecule has 2 fully saturated rings. The van der Waals surface area contributed by atoms with Crippen LogP contribution in [0.15, 0.2) is 0 Å². The van der Waals surface area contributed by atoms with Gasteiger partial charge in [0.25, 0.3) is 5.91 Å². The van der Waals surface area contributed by atoms with Crippen LogP contribution in [0.1, 0.15) is 43.4 Å². The Hall–Kier alpha value is -1.54. The highest BCUT2D eigenvalue weighted by atomic mass is 32.1. The Labute approximate surface area is 127 Å². The van der Waals surface area contributed by atoms with Crippen molar-refractivity contribution in [2.24, 2.45) is 0 Å². The van der Waals surface area contributed by atoms with Crippen LogP contribution in [0.5, 0.6) is 0 Å². The molecule has 0 bridgehead atoms. The highest BCUT2D eigenvalue weighted by Gasteiger charge is 2.48. The zero-order valence-electron chi connectivity index (χ0n) is 12.2. The molecular formula is C13H19N5O2S. The summed E-state index contributed by atoms with van der Waals surface area (Å²) in [5, 5.41) is 6.08. The van der Waals surface area contributed by atoms with E-state index in [0.717, 1.165) is 23.8 Å². The standard InChI is InChI=1S/C13H19N5O2S/c1-8(2)10-14-9(21-17-10)6-18-5-3-4-13(7-18)11(19)15-12(20)16-13/h8H,3-7H2,1-2H3,(H2,15,16,19,20). The van der Waals surface area contributed by atoms with Crippen LogP contribution < -0.4 is 10.6 Å². The van der Waals surface area contributed by atoms with E-state index in [1.807, 2.05) is 0 Å². The summed E-state index contributed by atoms with van der Waals surface area (Å²) in [5.41, 5.74) is -0.763. The van der Waals surface area contributed by atoms with Gasteiger partial charge in [0.1, 0.15) is 16.4 Å². The van der Waals surface area contributed by atoms with Gasteiger partial charge in [0.15, 0.2) is 0 Å². The summed E-state index contributed by atoms with van der Waals surface area (Å²) in [6.45, 7) is 6.25. The molecule has 2 saturated heterocycles. The molecule has 2 N–H and O–H groups in total. The number of hydrogen-bond acceptors (Lipinski definition) is 6. The third-order valence-corrected chi connectivity index (χ3v) is 4.65. The molecular weight excluding hydrogens is 290 g/mol. The summed E-state index contributed by atoms with van der Waals surface area (Å²) in [6, 6.07) is -0.389. The lowest BCUT2D eigenvalue weighted by molar-refractivity contribution is -0.126. The second kappa shape index (κ2) is 5.34. The fourth-order valence-electron chi connectivity index (χ4n) is 2.85. The van der Waals surface area contributed by atoms with E-state index < -0.39 is 5.54 Å². The Morgan fingerprint density at radius 1 is 1.43 bits per heavy atom. The number of rotatable bonds is 3. The normalized spacial score (nSPS) is 26.4.